The quantitative estimate of drug-likeness (QED) is 0.684. The van der Waals surface area contributed by atoms with E-state index in [9.17, 15) is 0 Å². The highest BCUT2D eigenvalue weighted by Gasteiger charge is 2.27. The molecule has 2 heterocycles. The second kappa shape index (κ2) is 6.17. The summed E-state index contributed by atoms with van der Waals surface area (Å²) in [6.07, 6.45) is 2.32. The Morgan fingerprint density at radius 2 is 1.54 bits per heavy atom. The summed E-state index contributed by atoms with van der Waals surface area (Å²) in [5, 5.41) is 4.39. The molecule has 0 spiro atoms. The summed E-state index contributed by atoms with van der Waals surface area (Å²) in [5.74, 6) is 0. The molecule has 2 nitrogen and oxygen atoms in total. The van der Waals surface area contributed by atoms with Gasteiger partial charge < -0.3 is 0 Å². The molecule has 0 saturated carbocycles. The van der Waals surface area contributed by atoms with Gasteiger partial charge in [0, 0.05) is 4.88 Å². The van der Waals surface area contributed by atoms with E-state index in [0.29, 0.717) is 0 Å². The SMILES string of the molecule is Cc1ccc(C2=CC(c3cccs3)N(c3ccc(C)cc3)N2)cc1. The third kappa shape index (κ3) is 2.83. The van der Waals surface area contributed by atoms with Crippen molar-refractivity contribution in [1.29, 1.82) is 0 Å². The number of nitrogens with one attached hydrogen (secondary N) is 1. The fourth-order valence-electron chi connectivity index (χ4n) is 2.96. The Morgan fingerprint density at radius 3 is 2.17 bits per heavy atom. The number of benzene rings is 2. The molecule has 3 heteroatoms. The maximum absolute atomic E-state index is 3.60. The van der Waals surface area contributed by atoms with Crippen LogP contribution in [0.25, 0.3) is 5.70 Å². The van der Waals surface area contributed by atoms with E-state index >= 15 is 0 Å². The van der Waals surface area contributed by atoms with Gasteiger partial charge in [-0.3, -0.25) is 10.4 Å². The molecule has 1 N–H and O–H groups in total. The summed E-state index contributed by atoms with van der Waals surface area (Å²) in [6, 6.07) is 21.9. The van der Waals surface area contributed by atoms with E-state index < -0.39 is 0 Å². The Bertz CT molecular complexity index is 846. The molecule has 1 atom stereocenters. The van der Waals surface area contributed by atoms with Crippen LogP contribution < -0.4 is 10.4 Å². The number of aryl methyl sites for hydroxylation is 2. The fraction of sp³-hybridized carbons (Fsp3) is 0.143. The molecular formula is C21H20N2S. The number of hydrazine groups is 1. The van der Waals surface area contributed by atoms with Crippen molar-refractivity contribution < 1.29 is 0 Å². The topological polar surface area (TPSA) is 15.3 Å². The van der Waals surface area contributed by atoms with Crippen molar-refractivity contribution in [2.45, 2.75) is 19.9 Å². The van der Waals surface area contributed by atoms with Gasteiger partial charge in [0.05, 0.1) is 11.4 Å². The molecule has 4 rings (SSSR count). The minimum absolute atomic E-state index is 0.212. The molecule has 120 valence electrons. The van der Waals surface area contributed by atoms with Crippen molar-refractivity contribution in [2.24, 2.45) is 0 Å². The third-order valence-electron chi connectivity index (χ3n) is 4.35. The van der Waals surface area contributed by atoms with Gasteiger partial charge in [0.1, 0.15) is 6.04 Å². The number of thiophene rings is 1. The lowest BCUT2D eigenvalue weighted by Crippen LogP contribution is -2.33. The fourth-order valence-corrected chi connectivity index (χ4v) is 3.75. The van der Waals surface area contributed by atoms with E-state index in [4.69, 9.17) is 0 Å². The van der Waals surface area contributed by atoms with Crippen LogP contribution in [0.15, 0.2) is 72.1 Å². The lowest BCUT2D eigenvalue weighted by atomic mass is 10.1. The van der Waals surface area contributed by atoms with E-state index in [1.807, 2.05) is 0 Å². The number of rotatable bonds is 3. The van der Waals surface area contributed by atoms with Gasteiger partial charge in [-0.15, -0.1) is 11.3 Å². The molecular weight excluding hydrogens is 312 g/mol. The van der Waals surface area contributed by atoms with Crippen molar-refractivity contribution in [1.82, 2.24) is 5.43 Å². The molecule has 0 amide bonds. The minimum Gasteiger partial charge on any atom is -0.297 e. The summed E-state index contributed by atoms with van der Waals surface area (Å²) >= 11 is 1.80. The maximum atomic E-state index is 3.60. The first-order chi connectivity index (χ1) is 11.7. The molecule has 0 fully saturated rings. The van der Waals surface area contributed by atoms with Gasteiger partial charge in [0.15, 0.2) is 0 Å². The van der Waals surface area contributed by atoms with Crippen LogP contribution in [0.5, 0.6) is 0 Å². The summed E-state index contributed by atoms with van der Waals surface area (Å²) in [6.45, 7) is 4.24. The number of hydrogen-bond acceptors (Lipinski definition) is 3. The maximum Gasteiger partial charge on any atom is 0.105 e. The summed E-state index contributed by atoms with van der Waals surface area (Å²) < 4.78 is 0. The Balaban J connectivity index is 1.72. The molecule has 0 aliphatic carbocycles. The van der Waals surface area contributed by atoms with Gasteiger partial charge >= 0.3 is 0 Å². The second-order valence-corrected chi connectivity index (χ2v) is 7.20. The molecule has 3 aromatic rings. The summed E-state index contributed by atoms with van der Waals surface area (Å²) in [7, 11) is 0. The van der Waals surface area contributed by atoms with Crippen molar-refractivity contribution in [3.8, 4) is 0 Å². The van der Waals surface area contributed by atoms with Crippen LogP contribution >= 0.6 is 11.3 Å². The average Bonchev–Trinajstić information content (AvgIpc) is 3.25. The van der Waals surface area contributed by atoms with Crippen molar-refractivity contribution >= 4 is 22.7 Å². The van der Waals surface area contributed by atoms with Crippen molar-refractivity contribution in [2.75, 3.05) is 5.01 Å². The molecule has 1 unspecified atom stereocenters. The smallest absolute Gasteiger partial charge is 0.105 e. The van der Waals surface area contributed by atoms with Gasteiger partial charge in [-0.2, -0.15) is 0 Å². The highest BCUT2D eigenvalue weighted by atomic mass is 32.1. The number of hydrogen-bond donors (Lipinski definition) is 1. The van der Waals surface area contributed by atoms with Crippen LogP contribution in [-0.4, -0.2) is 0 Å². The molecule has 1 aliphatic rings. The van der Waals surface area contributed by atoms with E-state index in [2.05, 4.69) is 96.4 Å². The lowest BCUT2D eigenvalue weighted by molar-refractivity contribution is 0.733. The first-order valence-electron chi connectivity index (χ1n) is 8.15. The average molecular weight is 332 g/mol. The van der Waals surface area contributed by atoms with Crippen LogP contribution in [-0.2, 0) is 0 Å². The summed E-state index contributed by atoms with van der Waals surface area (Å²) in [4.78, 5) is 1.34. The van der Waals surface area contributed by atoms with Crippen LogP contribution in [0.2, 0.25) is 0 Å². The normalized spacial score (nSPS) is 16.8. The van der Waals surface area contributed by atoms with Crippen molar-refractivity contribution in [3.05, 3.63) is 93.7 Å². The Morgan fingerprint density at radius 1 is 0.875 bits per heavy atom. The van der Waals surface area contributed by atoms with Crippen LogP contribution in [0.1, 0.15) is 27.6 Å². The van der Waals surface area contributed by atoms with Gasteiger partial charge in [0.2, 0.25) is 0 Å². The van der Waals surface area contributed by atoms with E-state index in [1.165, 1.54) is 27.3 Å². The molecule has 0 radical (unpaired) electrons. The van der Waals surface area contributed by atoms with Crippen LogP contribution in [0.3, 0.4) is 0 Å². The zero-order valence-corrected chi connectivity index (χ0v) is 14.7. The summed E-state index contributed by atoms with van der Waals surface area (Å²) in [5.41, 5.74) is 9.72. The molecule has 0 bridgehead atoms. The highest BCUT2D eigenvalue weighted by molar-refractivity contribution is 7.10. The largest absolute Gasteiger partial charge is 0.297 e. The van der Waals surface area contributed by atoms with E-state index in [1.54, 1.807) is 11.3 Å². The van der Waals surface area contributed by atoms with Gasteiger partial charge in [-0.1, -0.05) is 53.6 Å². The molecule has 24 heavy (non-hydrogen) atoms. The highest BCUT2D eigenvalue weighted by Crippen LogP contribution is 2.36. The molecule has 2 aromatic carbocycles. The van der Waals surface area contributed by atoms with E-state index in [-0.39, 0.29) is 6.04 Å². The van der Waals surface area contributed by atoms with Gasteiger partial charge in [0.25, 0.3) is 0 Å². The van der Waals surface area contributed by atoms with Gasteiger partial charge in [-0.25, -0.2) is 0 Å². The van der Waals surface area contributed by atoms with Crippen molar-refractivity contribution in [3.63, 3.8) is 0 Å². The molecule has 0 saturated heterocycles. The lowest BCUT2D eigenvalue weighted by Gasteiger charge is -2.27. The molecule has 1 aliphatic heterocycles. The predicted octanol–water partition coefficient (Wildman–Crippen LogP) is 5.47. The monoisotopic (exact) mass is 332 g/mol. The number of nitrogens with zero attached hydrogens (tertiary/aromatic N) is 1. The first kappa shape index (κ1) is 15.0. The minimum atomic E-state index is 0.212. The second-order valence-electron chi connectivity index (χ2n) is 6.22. The Hall–Kier alpha value is -2.52. The van der Waals surface area contributed by atoms with Crippen LogP contribution in [0, 0.1) is 13.8 Å². The standard InChI is InChI=1S/C21H20N2S/c1-15-5-9-17(10-6-15)19-14-20(21-4-3-13-24-21)23(22-19)18-11-7-16(2)8-12-18/h3-14,20,22H,1-2H3. The zero-order valence-electron chi connectivity index (χ0n) is 13.9. The zero-order chi connectivity index (χ0) is 16.5. The van der Waals surface area contributed by atoms with E-state index in [0.717, 1.165) is 5.70 Å². The van der Waals surface area contributed by atoms with Crippen LogP contribution in [0.4, 0.5) is 5.69 Å². The first-order valence-corrected chi connectivity index (χ1v) is 9.03. The molecule has 1 aromatic heterocycles. The van der Waals surface area contributed by atoms with Gasteiger partial charge in [-0.05, 0) is 49.1 Å². The number of anilines is 1. The Labute approximate surface area is 147 Å². The Kier molecular flexibility index (Phi) is 3.87. The predicted molar refractivity (Wildman–Crippen MR) is 103 cm³/mol. The third-order valence-corrected chi connectivity index (χ3v) is 5.30.